The predicted octanol–water partition coefficient (Wildman–Crippen LogP) is 3.05. The normalized spacial score (nSPS) is 9.50. The molecule has 0 heterocycles. The molecule has 0 amide bonds. The van der Waals surface area contributed by atoms with E-state index in [1.807, 2.05) is 0 Å². The molecule has 0 bridgehead atoms. The molecule has 64 valence electrons. The molecule has 0 aliphatic carbocycles. The maximum atomic E-state index is 10.1. The summed E-state index contributed by atoms with van der Waals surface area (Å²) in [4.78, 5) is 10.1. The Labute approximate surface area is 78.5 Å². The summed E-state index contributed by atoms with van der Waals surface area (Å²) < 4.78 is 4.33. The van der Waals surface area contributed by atoms with Gasteiger partial charge in [0.1, 0.15) is 0 Å². The number of benzene rings is 1. The van der Waals surface area contributed by atoms with Crippen molar-refractivity contribution >= 4 is 29.4 Å². The van der Waals surface area contributed by atoms with E-state index in [-0.39, 0.29) is 15.8 Å². The molecule has 0 radical (unpaired) electrons. The van der Waals surface area contributed by atoms with Gasteiger partial charge in [-0.3, -0.25) is 0 Å². The number of hydrogen-bond donors (Lipinski definition) is 1. The molecular formula is C7H4Cl2O3. The highest BCUT2D eigenvalue weighted by Gasteiger charge is 2.09. The van der Waals surface area contributed by atoms with Gasteiger partial charge in [-0.25, -0.2) is 4.79 Å². The third kappa shape index (κ3) is 2.03. The molecule has 1 rings (SSSR count). The van der Waals surface area contributed by atoms with Gasteiger partial charge >= 0.3 is 6.16 Å². The van der Waals surface area contributed by atoms with Gasteiger partial charge in [0.05, 0.1) is 10.0 Å². The Bertz CT molecular complexity index is 291. The van der Waals surface area contributed by atoms with Crippen molar-refractivity contribution < 1.29 is 14.6 Å². The SMILES string of the molecule is O=C(O)Oc1c(Cl)cccc1Cl. The number of hydrogen-bond acceptors (Lipinski definition) is 2. The summed E-state index contributed by atoms with van der Waals surface area (Å²) in [6.07, 6.45) is -1.44. The molecule has 0 aromatic heterocycles. The fourth-order valence-corrected chi connectivity index (χ4v) is 1.14. The van der Waals surface area contributed by atoms with Gasteiger partial charge < -0.3 is 9.84 Å². The molecule has 1 aromatic carbocycles. The highest BCUT2D eigenvalue weighted by atomic mass is 35.5. The van der Waals surface area contributed by atoms with E-state index in [9.17, 15) is 4.79 Å². The van der Waals surface area contributed by atoms with Gasteiger partial charge in [-0.15, -0.1) is 0 Å². The molecule has 1 aromatic rings. The van der Waals surface area contributed by atoms with Crippen molar-refractivity contribution in [2.24, 2.45) is 0 Å². The van der Waals surface area contributed by atoms with Crippen molar-refractivity contribution in [3.05, 3.63) is 28.2 Å². The predicted molar refractivity (Wildman–Crippen MR) is 45.1 cm³/mol. The van der Waals surface area contributed by atoms with Gasteiger partial charge in [-0.1, -0.05) is 29.3 Å². The number of ether oxygens (including phenoxy) is 1. The average Bonchev–Trinajstić information content (AvgIpc) is 1.97. The van der Waals surface area contributed by atoms with E-state index in [1.54, 1.807) is 6.07 Å². The average molecular weight is 207 g/mol. The van der Waals surface area contributed by atoms with Crippen LogP contribution in [0.1, 0.15) is 0 Å². The fourth-order valence-electron chi connectivity index (χ4n) is 0.667. The van der Waals surface area contributed by atoms with Gasteiger partial charge in [0.2, 0.25) is 0 Å². The lowest BCUT2D eigenvalue weighted by atomic mass is 10.3. The Kier molecular flexibility index (Phi) is 2.78. The summed E-state index contributed by atoms with van der Waals surface area (Å²) >= 11 is 11.2. The molecule has 0 fully saturated rings. The first-order chi connectivity index (χ1) is 5.61. The van der Waals surface area contributed by atoms with E-state index in [4.69, 9.17) is 28.3 Å². The Balaban J connectivity index is 3.04. The topological polar surface area (TPSA) is 46.5 Å². The van der Waals surface area contributed by atoms with Crippen LogP contribution in [-0.2, 0) is 0 Å². The maximum Gasteiger partial charge on any atom is 0.511 e. The summed E-state index contributed by atoms with van der Waals surface area (Å²) in [6.45, 7) is 0. The van der Waals surface area contributed by atoms with Gasteiger partial charge in [0.15, 0.2) is 5.75 Å². The van der Waals surface area contributed by atoms with Gasteiger partial charge in [0.25, 0.3) is 0 Å². The van der Waals surface area contributed by atoms with Crippen LogP contribution in [0.5, 0.6) is 5.75 Å². The number of para-hydroxylation sites is 1. The fraction of sp³-hybridized carbons (Fsp3) is 0. The zero-order valence-corrected chi connectivity index (χ0v) is 7.26. The minimum absolute atomic E-state index is 0.0340. The molecule has 0 saturated heterocycles. The van der Waals surface area contributed by atoms with Crippen molar-refractivity contribution in [3.63, 3.8) is 0 Å². The smallest absolute Gasteiger partial charge is 0.449 e. The lowest BCUT2D eigenvalue weighted by molar-refractivity contribution is 0.144. The zero-order chi connectivity index (χ0) is 9.14. The molecular weight excluding hydrogens is 203 g/mol. The minimum Gasteiger partial charge on any atom is -0.449 e. The second-order valence-corrected chi connectivity index (χ2v) is 2.73. The van der Waals surface area contributed by atoms with Gasteiger partial charge in [0, 0.05) is 0 Å². The highest BCUT2D eigenvalue weighted by molar-refractivity contribution is 6.37. The second kappa shape index (κ2) is 3.65. The second-order valence-electron chi connectivity index (χ2n) is 1.92. The van der Waals surface area contributed by atoms with Crippen LogP contribution in [0, 0.1) is 0 Å². The van der Waals surface area contributed by atoms with Crippen LogP contribution in [0.15, 0.2) is 18.2 Å². The number of rotatable bonds is 1. The summed E-state index contributed by atoms with van der Waals surface area (Å²) in [7, 11) is 0. The maximum absolute atomic E-state index is 10.1. The third-order valence-electron chi connectivity index (χ3n) is 1.11. The molecule has 0 unspecified atom stereocenters. The Morgan fingerprint density at radius 1 is 1.33 bits per heavy atom. The summed E-state index contributed by atoms with van der Waals surface area (Å²) in [5.74, 6) is -0.0340. The molecule has 1 N–H and O–H groups in total. The molecule has 5 heteroatoms. The largest absolute Gasteiger partial charge is 0.511 e. The summed E-state index contributed by atoms with van der Waals surface area (Å²) in [5, 5.41) is 8.62. The first-order valence-electron chi connectivity index (χ1n) is 2.96. The van der Waals surface area contributed by atoms with Crippen LogP contribution >= 0.6 is 23.2 Å². The first kappa shape index (κ1) is 9.16. The van der Waals surface area contributed by atoms with Crippen molar-refractivity contribution in [2.45, 2.75) is 0 Å². The van der Waals surface area contributed by atoms with E-state index in [2.05, 4.69) is 4.74 Å². The van der Waals surface area contributed by atoms with Crippen LogP contribution in [0.3, 0.4) is 0 Å². The van der Waals surface area contributed by atoms with E-state index in [0.717, 1.165) is 0 Å². The molecule has 0 saturated carbocycles. The molecule has 0 aliphatic rings. The lowest BCUT2D eigenvalue weighted by Gasteiger charge is -2.03. The van der Waals surface area contributed by atoms with E-state index < -0.39 is 6.16 Å². The van der Waals surface area contributed by atoms with Crippen LogP contribution in [-0.4, -0.2) is 11.3 Å². The number of carboxylic acid groups (broad SMARTS) is 1. The number of halogens is 2. The Hall–Kier alpha value is -0.930. The van der Waals surface area contributed by atoms with Crippen LogP contribution < -0.4 is 4.74 Å². The lowest BCUT2D eigenvalue weighted by Crippen LogP contribution is -2.03. The molecule has 12 heavy (non-hydrogen) atoms. The molecule has 0 aliphatic heterocycles. The molecule has 0 atom stereocenters. The summed E-state index contributed by atoms with van der Waals surface area (Å²) in [6, 6.07) is 4.58. The van der Waals surface area contributed by atoms with Crippen molar-refractivity contribution in [1.29, 1.82) is 0 Å². The van der Waals surface area contributed by atoms with Crippen molar-refractivity contribution in [3.8, 4) is 5.75 Å². The van der Waals surface area contributed by atoms with Gasteiger partial charge in [-0.2, -0.15) is 0 Å². The molecule has 0 spiro atoms. The van der Waals surface area contributed by atoms with Crippen LogP contribution in [0.4, 0.5) is 4.79 Å². The third-order valence-corrected chi connectivity index (χ3v) is 1.70. The first-order valence-corrected chi connectivity index (χ1v) is 3.71. The zero-order valence-electron chi connectivity index (χ0n) is 5.75. The molecule has 3 nitrogen and oxygen atoms in total. The minimum atomic E-state index is -1.44. The Morgan fingerprint density at radius 2 is 1.83 bits per heavy atom. The van der Waals surface area contributed by atoms with Crippen LogP contribution in [0.2, 0.25) is 10.0 Å². The van der Waals surface area contributed by atoms with Crippen LogP contribution in [0.25, 0.3) is 0 Å². The quantitative estimate of drug-likeness (QED) is 0.568. The van der Waals surface area contributed by atoms with Gasteiger partial charge in [-0.05, 0) is 12.1 Å². The van der Waals surface area contributed by atoms with E-state index >= 15 is 0 Å². The number of carbonyl (C=O) groups is 1. The summed E-state index contributed by atoms with van der Waals surface area (Å²) in [5.41, 5.74) is 0. The highest BCUT2D eigenvalue weighted by Crippen LogP contribution is 2.32. The standard InChI is InChI=1S/C7H4Cl2O3/c8-4-2-1-3-5(9)6(4)12-7(10)11/h1-3H,(H,10,11). The van der Waals surface area contributed by atoms with E-state index in [0.29, 0.717) is 0 Å². The Morgan fingerprint density at radius 3 is 2.25 bits per heavy atom. The van der Waals surface area contributed by atoms with E-state index in [1.165, 1.54) is 12.1 Å². The van der Waals surface area contributed by atoms with Crippen molar-refractivity contribution in [1.82, 2.24) is 0 Å². The monoisotopic (exact) mass is 206 g/mol. The van der Waals surface area contributed by atoms with Crippen molar-refractivity contribution in [2.75, 3.05) is 0 Å².